The summed E-state index contributed by atoms with van der Waals surface area (Å²) in [7, 11) is 0. The molecule has 19 heavy (non-hydrogen) atoms. The van der Waals surface area contributed by atoms with Gasteiger partial charge in [-0.25, -0.2) is 0 Å². The Labute approximate surface area is 129 Å². The molecule has 1 unspecified atom stereocenters. The fraction of sp³-hybridized carbons (Fsp3) is 0.615. The molecule has 1 atom stereocenters. The molecule has 1 fully saturated rings. The third kappa shape index (κ3) is 4.09. The van der Waals surface area contributed by atoms with Crippen LogP contribution in [0.5, 0.6) is 0 Å². The predicted octanol–water partition coefficient (Wildman–Crippen LogP) is 3.33. The lowest BCUT2D eigenvalue weighted by molar-refractivity contribution is 0.0933. The summed E-state index contributed by atoms with van der Waals surface area (Å²) in [5, 5.41) is 8.82. The largest absolute Gasteiger partial charge is 0.350 e. The third-order valence-electron chi connectivity index (χ3n) is 3.62. The van der Waals surface area contributed by atoms with Crippen LogP contribution in [0.25, 0.3) is 0 Å². The van der Waals surface area contributed by atoms with Crippen LogP contribution in [-0.2, 0) is 0 Å². The van der Waals surface area contributed by atoms with Crippen molar-refractivity contribution in [2.45, 2.75) is 32.7 Å². The minimum atomic E-state index is -0.0711. The zero-order chi connectivity index (χ0) is 13.2. The molecule has 0 bridgehead atoms. The Hall–Kier alpha value is -0.290. The molecule has 1 amide bonds. The smallest absolute Gasteiger partial charge is 0.262 e. The Kier molecular flexibility index (Phi) is 6.12. The van der Waals surface area contributed by atoms with Crippen LogP contribution in [0.15, 0.2) is 11.4 Å². The summed E-state index contributed by atoms with van der Waals surface area (Å²) in [6.07, 6.45) is 2.40. The first-order chi connectivity index (χ1) is 8.50. The van der Waals surface area contributed by atoms with Gasteiger partial charge in [-0.1, -0.05) is 25.4 Å². The number of carbonyl (C=O) groups is 1. The number of piperidine rings is 1. The average molecular weight is 323 g/mol. The maximum absolute atomic E-state index is 12.0. The second kappa shape index (κ2) is 6.93. The van der Waals surface area contributed by atoms with Crippen molar-refractivity contribution in [1.29, 1.82) is 0 Å². The Morgan fingerprint density at radius 1 is 1.63 bits per heavy atom. The highest BCUT2D eigenvalue weighted by atomic mass is 35.5. The highest BCUT2D eigenvalue weighted by Crippen LogP contribution is 2.29. The summed E-state index contributed by atoms with van der Waals surface area (Å²) in [6.45, 7) is 6.17. The van der Waals surface area contributed by atoms with Crippen LogP contribution >= 0.6 is 35.3 Å². The number of halogens is 2. The number of carbonyl (C=O) groups excluding carboxylic acids is 1. The van der Waals surface area contributed by atoms with E-state index in [0.717, 1.165) is 6.54 Å². The van der Waals surface area contributed by atoms with Gasteiger partial charge in [-0.3, -0.25) is 4.79 Å². The van der Waals surface area contributed by atoms with E-state index >= 15 is 0 Å². The van der Waals surface area contributed by atoms with Crippen LogP contribution in [0.4, 0.5) is 0 Å². The molecule has 0 aromatic carbocycles. The fourth-order valence-corrected chi connectivity index (χ4v) is 3.41. The van der Waals surface area contributed by atoms with Crippen molar-refractivity contribution in [2.75, 3.05) is 13.1 Å². The maximum atomic E-state index is 12.0. The third-order valence-corrected chi connectivity index (χ3v) is 4.96. The van der Waals surface area contributed by atoms with Crippen LogP contribution in [0.3, 0.4) is 0 Å². The summed E-state index contributed by atoms with van der Waals surface area (Å²) in [5.74, 6) is -0.0711. The number of rotatable bonds is 3. The van der Waals surface area contributed by atoms with Crippen molar-refractivity contribution in [2.24, 2.45) is 5.41 Å². The molecule has 1 aliphatic heterocycles. The normalized spacial score (nSPS) is 21.5. The standard InChI is InChI=1S/C13H19ClN2OS.ClH/c1-13(2)5-3-6-15-10(13)8-16-12(17)11-9(14)4-7-18-11;/h4,7,10,15H,3,5-6,8H2,1-2H3,(H,16,17);1H. The van der Waals surface area contributed by atoms with E-state index in [9.17, 15) is 4.79 Å². The number of nitrogens with one attached hydrogen (secondary N) is 2. The number of hydrogen-bond acceptors (Lipinski definition) is 3. The molecule has 2 heterocycles. The van der Waals surface area contributed by atoms with Gasteiger partial charge in [0.15, 0.2) is 0 Å². The van der Waals surface area contributed by atoms with Gasteiger partial charge in [-0.05, 0) is 36.2 Å². The van der Waals surface area contributed by atoms with Gasteiger partial charge in [0.05, 0.1) is 5.02 Å². The molecule has 0 saturated carbocycles. The SMILES string of the molecule is CC1(C)CCCNC1CNC(=O)c1sccc1Cl.Cl. The van der Waals surface area contributed by atoms with E-state index in [1.807, 2.05) is 5.38 Å². The van der Waals surface area contributed by atoms with Gasteiger partial charge in [-0.15, -0.1) is 23.7 Å². The lowest BCUT2D eigenvalue weighted by Gasteiger charge is -2.39. The molecule has 1 saturated heterocycles. The first-order valence-electron chi connectivity index (χ1n) is 6.25. The van der Waals surface area contributed by atoms with E-state index < -0.39 is 0 Å². The lowest BCUT2D eigenvalue weighted by Crippen LogP contribution is -2.52. The monoisotopic (exact) mass is 322 g/mol. The summed E-state index contributed by atoms with van der Waals surface area (Å²) in [6, 6.07) is 2.08. The van der Waals surface area contributed by atoms with Crippen LogP contribution in [-0.4, -0.2) is 25.0 Å². The summed E-state index contributed by atoms with van der Waals surface area (Å²) < 4.78 is 0. The average Bonchev–Trinajstić information content (AvgIpc) is 2.73. The Balaban J connectivity index is 0.00000180. The van der Waals surface area contributed by atoms with Crippen molar-refractivity contribution in [3.63, 3.8) is 0 Å². The van der Waals surface area contributed by atoms with Crippen molar-refractivity contribution in [3.05, 3.63) is 21.3 Å². The second-order valence-corrected chi connectivity index (χ2v) is 6.73. The molecular formula is C13H20Cl2N2OS. The number of thiophene rings is 1. The molecule has 108 valence electrons. The molecular weight excluding hydrogens is 303 g/mol. The summed E-state index contributed by atoms with van der Waals surface area (Å²) >= 11 is 7.33. The molecule has 1 aromatic rings. The predicted molar refractivity (Wildman–Crippen MR) is 83.7 cm³/mol. The lowest BCUT2D eigenvalue weighted by atomic mass is 9.77. The topological polar surface area (TPSA) is 41.1 Å². The molecule has 0 radical (unpaired) electrons. The fourth-order valence-electron chi connectivity index (χ4n) is 2.35. The Bertz CT molecular complexity index is 434. The number of amides is 1. The molecule has 2 rings (SSSR count). The van der Waals surface area contributed by atoms with E-state index in [0.29, 0.717) is 22.5 Å². The highest BCUT2D eigenvalue weighted by Gasteiger charge is 2.32. The Morgan fingerprint density at radius 2 is 2.37 bits per heavy atom. The second-order valence-electron chi connectivity index (χ2n) is 5.41. The van der Waals surface area contributed by atoms with Gasteiger partial charge in [0.2, 0.25) is 0 Å². The summed E-state index contributed by atoms with van der Waals surface area (Å²) in [4.78, 5) is 12.6. The van der Waals surface area contributed by atoms with E-state index in [2.05, 4.69) is 24.5 Å². The van der Waals surface area contributed by atoms with Crippen molar-refractivity contribution in [3.8, 4) is 0 Å². The molecule has 1 aromatic heterocycles. The van der Waals surface area contributed by atoms with E-state index in [1.165, 1.54) is 24.2 Å². The van der Waals surface area contributed by atoms with Gasteiger partial charge in [0.25, 0.3) is 5.91 Å². The van der Waals surface area contributed by atoms with Crippen LogP contribution < -0.4 is 10.6 Å². The van der Waals surface area contributed by atoms with E-state index in [4.69, 9.17) is 11.6 Å². The molecule has 2 N–H and O–H groups in total. The van der Waals surface area contributed by atoms with E-state index in [1.54, 1.807) is 6.07 Å². The molecule has 6 heteroatoms. The molecule has 3 nitrogen and oxygen atoms in total. The van der Waals surface area contributed by atoms with Crippen LogP contribution in [0.1, 0.15) is 36.4 Å². The van der Waals surface area contributed by atoms with Crippen LogP contribution in [0, 0.1) is 5.41 Å². The number of hydrogen-bond donors (Lipinski definition) is 2. The Morgan fingerprint density at radius 3 is 2.95 bits per heavy atom. The minimum Gasteiger partial charge on any atom is -0.350 e. The van der Waals surface area contributed by atoms with E-state index in [-0.39, 0.29) is 23.7 Å². The van der Waals surface area contributed by atoms with Gasteiger partial charge in [-0.2, -0.15) is 0 Å². The first kappa shape index (κ1) is 16.8. The van der Waals surface area contributed by atoms with Crippen molar-refractivity contribution in [1.82, 2.24) is 10.6 Å². The molecule has 1 aliphatic rings. The quantitative estimate of drug-likeness (QED) is 0.896. The first-order valence-corrected chi connectivity index (χ1v) is 7.51. The van der Waals surface area contributed by atoms with Crippen molar-refractivity contribution < 1.29 is 4.79 Å². The summed E-state index contributed by atoms with van der Waals surface area (Å²) in [5.41, 5.74) is 0.227. The zero-order valence-corrected chi connectivity index (χ0v) is 13.6. The van der Waals surface area contributed by atoms with Crippen molar-refractivity contribution >= 4 is 41.3 Å². The highest BCUT2D eigenvalue weighted by molar-refractivity contribution is 7.12. The van der Waals surface area contributed by atoms with Gasteiger partial charge in [0, 0.05) is 12.6 Å². The maximum Gasteiger partial charge on any atom is 0.262 e. The van der Waals surface area contributed by atoms with Gasteiger partial charge < -0.3 is 10.6 Å². The van der Waals surface area contributed by atoms with Gasteiger partial charge >= 0.3 is 0 Å². The zero-order valence-electron chi connectivity index (χ0n) is 11.2. The molecule has 0 spiro atoms. The van der Waals surface area contributed by atoms with Crippen LogP contribution in [0.2, 0.25) is 5.02 Å². The van der Waals surface area contributed by atoms with Gasteiger partial charge in [0.1, 0.15) is 4.88 Å². The minimum absolute atomic E-state index is 0. The molecule has 0 aliphatic carbocycles.